The quantitative estimate of drug-likeness (QED) is 0.408. The number of hydrogen-bond acceptors (Lipinski definition) is 4. The second kappa shape index (κ2) is 11.7. The summed E-state index contributed by atoms with van der Waals surface area (Å²) >= 11 is 6.39. The van der Waals surface area contributed by atoms with E-state index in [2.05, 4.69) is 41.2 Å². The fourth-order valence-electron chi connectivity index (χ4n) is 5.04. The molecule has 0 bridgehead atoms. The Morgan fingerprint density at radius 3 is 2.63 bits per heavy atom. The minimum atomic E-state index is 0.0274. The molecule has 1 aliphatic heterocycles. The van der Waals surface area contributed by atoms with E-state index in [0.717, 1.165) is 55.9 Å². The van der Waals surface area contributed by atoms with Crippen LogP contribution in [0.25, 0.3) is 0 Å². The highest BCUT2D eigenvalue weighted by molar-refractivity contribution is 6.33. The van der Waals surface area contributed by atoms with E-state index < -0.39 is 0 Å². The van der Waals surface area contributed by atoms with Crippen LogP contribution >= 0.6 is 11.6 Å². The van der Waals surface area contributed by atoms with Crippen LogP contribution in [0.15, 0.2) is 66.9 Å². The lowest BCUT2D eigenvalue weighted by atomic mass is 9.84. The van der Waals surface area contributed by atoms with E-state index >= 15 is 0 Å². The zero-order valence-corrected chi connectivity index (χ0v) is 21.5. The second-order valence-electron chi connectivity index (χ2n) is 9.47. The SMILES string of the molecule is COc1cccc(C[C@@H](C2CCN(C(=O)c3ccc(C)cc3Cl)CC2)N(C)Cc2ccccn2)c1. The van der Waals surface area contributed by atoms with Crippen molar-refractivity contribution < 1.29 is 9.53 Å². The van der Waals surface area contributed by atoms with Crippen molar-refractivity contribution in [3.05, 3.63) is 94.3 Å². The molecule has 35 heavy (non-hydrogen) atoms. The zero-order chi connectivity index (χ0) is 24.8. The summed E-state index contributed by atoms with van der Waals surface area (Å²) in [5.74, 6) is 1.37. The van der Waals surface area contributed by atoms with Crippen molar-refractivity contribution in [3.63, 3.8) is 0 Å². The van der Waals surface area contributed by atoms with Gasteiger partial charge in [-0.2, -0.15) is 0 Å². The topological polar surface area (TPSA) is 45.7 Å². The van der Waals surface area contributed by atoms with Crippen LogP contribution in [0.3, 0.4) is 0 Å². The number of carbonyl (C=O) groups is 1. The molecular weight excluding hydrogens is 458 g/mol. The van der Waals surface area contributed by atoms with Gasteiger partial charge in [0.25, 0.3) is 5.91 Å². The first kappa shape index (κ1) is 25.2. The average Bonchev–Trinajstić information content (AvgIpc) is 2.88. The van der Waals surface area contributed by atoms with Gasteiger partial charge in [-0.25, -0.2) is 0 Å². The molecule has 0 unspecified atom stereocenters. The number of halogens is 1. The first-order valence-electron chi connectivity index (χ1n) is 12.2. The van der Waals surface area contributed by atoms with Crippen molar-refractivity contribution in [1.29, 1.82) is 0 Å². The molecule has 6 heteroatoms. The van der Waals surface area contributed by atoms with Gasteiger partial charge in [0.1, 0.15) is 5.75 Å². The Labute approximate surface area is 213 Å². The third kappa shape index (κ3) is 6.41. The number of ether oxygens (including phenoxy) is 1. The lowest BCUT2D eigenvalue weighted by molar-refractivity contribution is 0.0602. The average molecular weight is 492 g/mol. The first-order valence-corrected chi connectivity index (χ1v) is 12.6. The molecule has 0 N–H and O–H groups in total. The van der Waals surface area contributed by atoms with Crippen LogP contribution in [0.5, 0.6) is 5.75 Å². The molecule has 3 aromatic rings. The van der Waals surface area contributed by atoms with E-state index in [1.807, 2.05) is 54.4 Å². The zero-order valence-electron chi connectivity index (χ0n) is 20.8. The normalized spacial score (nSPS) is 15.3. The van der Waals surface area contributed by atoms with Crippen LogP contribution < -0.4 is 4.74 Å². The van der Waals surface area contributed by atoms with Gasteiger partial charge in [0.2, 0.25) is 0 Å². The van der Waals surface area contributed by atoms with Crippen LogP contribution in [0.2, 0.25) is 5.02 Å². The number of methoxy groups -OCH3 is 1. The molecule has 1 fully saturated rings. The Morgan fingerprint density at radius 2 is 1.94 bits per heavy atom. The van der Waals surface area contributed by atoms with Crippen molar-refractivity contribution >= 4 is 17.5 Å². The number of likely N-dealkylation sites (N-methyl/N-ethyl adjacent to an activating group) is 1. The van der Waals surface area contributed by atoms with Gasteiger partial charge in [0.15, 0.2) is 0 Å². The van der Waals surface area contributed by atoms with Crippen molar-refractivity contribution in [2.75, 3.05) is 27.2 Å². The summed E-state index contributed by atoms with van der Waals surface area (Å²) in [4.78, 5) is 22.1. The van der Waals surface area contributed by atoms with Crippen LogP contribution in [0, 0.1) is 12.8 Å². The van der Waals surface area contributed by atoms with Gasteiger partial charge in [-0.05, 0) is 86.7 Å². The predicted octanol–water partition coefficient (Wildman–Crippen LogP) is 5.65. The third-order valence-corrected chi connectivity index (χ3v) is 7.32. The predicted molar refractivity (Wildman–Crippen MR) is 141 cm³/mol. The molecule has 4 rings (SSSR count). The smallest absolute Gasteiger partial charge is 0.255 e. The molecule has 2 heterocycles. The number of pyridine rings is 1. The van der Waals surface area contributed by atoms with E-state index in [1.165, 1.54) is 5.56 Å². The highest BCUT2D eigenvalue weighted by Crippen LogP contribution is 2.29. The minimum absolute atomic E-state index is 0.0274. The monoisotopic (exact) mass is 491 g/mol. The van der Waals surface area contributed by atoms with Gasteiger partial charge in [-0.1, -0.05) is 35.9 Å². The van der Waals surface area contributed by atoms with E-state index in [4.69, 9.17) is 16.3 Å². The molecule has 1 aliphatic rings. The summed E-state index contributed by atoms with van der Waals surface area (Å²) < 4.78 is 5.46. The number of carbonyl (C=O) groups excluding carboxylic acids is 1. The van der Waals surface area contributed by atoms with Crippen LogP contribution in [-0.2, 0) is 13.0 Å². The van der Waals surface area contributed by atoms with Crippen LogP contribution in [0.4, 0.5) is 0 Å². The Morgan fingerprint density at radius 1 is 1.14 bits per heavy atom. The molecule has 184 valence electrons. The number of nitrogens with zero attached hydrogens (tertiary/aromatic N) is 3. The number of likely N-dealkylation sites (tertiary alicyclic amines) is 1. The highest BCUT2D eigenvalue weighted by atomic mass is 35.5. The maximum Gasteiger partial charge on any atom is 0.255 e. The van der Waals surface area contributed by atoms with Gasteiger partial charge in [0, 0.05) is 31.9 Å². The number of amides is 1. The maximum absolute atomic E-state index is 13.2. The molecule has 0 spiro atoms. The third-order valence-electron chi connectivity index (χ3n) is 7.01. The lowest BCUT2D eigenvalue weighted by Crippen LogP contribution is -2.46. The molecule has 1 atom stereocenters. The number of rotatable bonds is 8. The van der Waals surface area contributed by atoms with E-state index in [-0.39, 0.29) is 5.91 Å². The highest BCUT2D eigenvalue weighted by Gasteiger charge is 2.32. The Bertz CT molecular complexity index is 1130. The summed E-state index contributed by atoms with van der Waals surface area (Å²) in [5.41, 5.74) is 3.97. The number of hydrogen-bond donors (Lipinski definition) is 0. The minimum Gasteiger partial charge on any atom is -0.497 e. The molecule has 0 aliphatic carbocycles. The van der Waals surface area contributed by atoms with Crippen molar-refractivity contribution in [3.8, 4) is 5.75 Å². The van der Waals surface area contributed by atoms with Gasteiger partial charge in [-0.3, -0.25) is 14.7 Å². The number of aryl methyl sites for hydroxylation is 1. The molecule has 1 amide bonds. The molecule has 2 aromatic carbocycles. The maximum atomic E-state index is 13.2. The van der Waals surface area contributed by atoms with E-state index in [1.54, 1.807) is 7.11 Å². The van der Waals surface area contributed by atoms with Crippen LogP contribution in [0.1, 0.15) is 40.0 Å². The fourth-order valence-corrected chi connectivity index (χ4v) is 5.35. The summed E-state index contributed by atoms with van der Waals surface area (Å²) in [6.07, 6.45) is 4.68. The Hall–Kier alpha value is -2.89. The standard InChI is InChI=1S/C29H34ClN3O2/c1-21-10-11-26(27(30)17-21)29(34)33-15-12-23(13-16-33)28(19-22-7-6-9-25(18-22)35-3)32(2)20-24-8-4-5-14-31-24/h4-11,14,17-18,23,28H,12-13,15-16,19-20H2,1-3H3/t28-/m0/s1. The van der Waals surface area contributed by atoms with Crippen molar-refractivity contribution in [1.82, 2.24) is 14.8 Å². The van der Waals surface area contributed by atoms with Gasteiger partial charge in [-0.15, -0.1) is 0 Å². The number of benzene rings is 2. The molecule has 1 saturated heterocycles. The lowest BCUT2D eigenvalue weighted by Gasteiger charge is -2.40. The van der Waals surface area contributed by atoms with E-state index in [9.17, 15) is 4.79 Å². The summed E-state index contributed by atoms with van der Waals surface area (Å²) in [6, 6.07) is 20.4. The Kier molecular flexibility index (Phi) is 8.42. The molecular formula is C29H34ClN3O2. The Balaban J connectivity index is 1.48. The molecule has 0 saturated carbocycles. The fraction of sp³-hybridized carbons (Fsp3) is 0.379. The number of aromatic nitrogens is 1. The van der Waals surface area contributed by atoms with Gasteiger partial charge < -0.3 is 9.64 Å². The second-order valence-corrected chi connectivity index (χ2v) is 9.88. The van der Waals surface area contributed by atoms with Crippen molar-refractivity contribution in [2.24, 2.45) is 5.92 Å². The molecule has 0 radical (unpaired) electrons. The summed E-state index contributed by atoms with van der Waals surface area (Å²) in [5, 5.41) is 0.531. The van der Waals surface area contributed by atoms with E-state index in [0.29, 0.717) is 22.5 Å². The van der Waals surface area contributed by atoms with Crippen molar-refractivity contribution in [2.45, 2.75) is 38.8 Å². The molecule has 1 aromatic heterocycles. The van der Waals surface area contributed by atoms with Crippen LogP contribution in [-0.4, -0.2) is 54.0 Å². The molecule has 5 nitrogen and oxygen atoms in total. The number of piperidine rings is 1. The first-order chi connectivity index (χ1) is 16.9. The van der Waals surface area contributed by atoms with Gasteiger partial charge in [0.05, 0.1) is 23.4 Å². The largest absolute Gasteiger partial charge is 0.497 e. The summed E-state index contributed by atoms with van der Waals surface area (Å²) in [6.45, 7) is 4.24. The van der Waals surface area contributed by atoms with Gasteiger partial charge >= 0.3 is 0 Å². The summed E-state index contributed by atoms with van der Waals surface area (Å²) in [7, 11) is 3.89.